The van der Waals surface area contributed by atoms with Gasteiger partial charge in [-0.1, -0.05) is 39.0 Å². The monoisotopic (exact) mass is 337 g/mol. The summed E-state index contributed by atoms with van der Waals surface area (Å²) in [6.07, 6.45) is -2.06. The molecule has 0 aliphatic carbocycles. The number of carbonyl (C=O) groups excluding carboxylic acids is 3. The Kier molecular flexibility index (Phi) is 6.76. The molecule has 0 spiro atoms. The van der Waals surface area contributed by atoms with Crippen molar-refractivity contribution < 1.29 is 28.6 Å². The topological polar surface area (TPSA) is 90.9 Å². The zero-order valence-corrected chi connectivity index (χ0v) is 14.5. The van der Waals surface area contributed by atoms with E-state index in [1.165, 1.54) is 6.92 Å². The highest BCUT2D eigenvalue weighted by Gasteiger charge is 2.22. The van der Waals surface area contributed by atoms with Crippen molar-refractivity contribution in [2.24, 2.45) is 0 Å². The highest BCUT2D eigenvalue weighted by molar-refractivity contribution is 5.95. The Hall–Kier alpha value is -2.57. The molecular weight excluding hydrogens is 314 g/mol. The van der Waals surface area contributed by atoms with Gasteiger partial charge < -0.3 is 14.2 Å². The second kappa shape index (κ2) is 8.33. The molecule has 2 amide bonds. The van der Waals surface area contributed by atoms with Crippen LogP contribution in [0.3, 0.4) is 0 Å². The molecule has 0 saturated heterocycles. The molecule has 1 N–H and O–H groups in total. The number of hydrogen-bond donors (Lipinski definition) is 1. The Balaban J connectivity index is 2.59. The summed E-state index contributed by atoms with van der Waals surface area (Å²) >= 11 is 0. The first kappa shape index (κ1) is 19.5. The van der Waals surface area contributed by atoms with Crippen molar-refractivity contribution in [1.82, 2.24) is 5.32 Å². The van der Waals surface area contributed by atoms with E-state index in [2.05, 4.69) is 4.74 Å². The van der Waals surface area contributed by atoms with Crippen molar-refractivity contribution in [3.8, 4) is 5.75 Å². The van der Waals surface area contributed by atoms with Crippen molar-refractivity contribution in [2.75, 3.05) is 13.7 Å². The van der Waals surface area contributed by atoms with Gasteiger partial charge in [-0.25, -0.2) is 9.59 Å². The normalized spacial score (nSPS) is 12.0. The lowest BCUT2D eigenvalue weighted by molar-refractivity contribution is -0.156. The van der Waals surface area contributed by atoms with E-state index < -0.39 is 24.1 Å². The second-order valence-electron chi connectivity index (χ2n) is 6.15. The van der Waals surface area contributed by atoms with Crippen LogP contribution in [-0.4, -0.2) is 37.8 Å². The summed E-state index contributed by atoms with van der Waals surface area (Å²) in [7, 11) is 1.12. The standard InChI is InChI=1S/C17H23NO6/c1-11(15(20)18-16(21)22-5)24-14(19)10-23-13-9-7-6-8-12(13)17(2,3)4/h6-9,11H,10H2,1-5H3,(H,18,20,21)/t11-/m0/s1. The predicted octanol–water partition coefficient (Wildman–Crippen LogP) is 2.18. The number of esters is 1. The lowest BCUT2D eigenvalue weighted by atomic mass is 9.86. The van der Waals surface area contributed by atoms with E-state index in [1.54, 1.807) is 6.07 Å². The fourth-order valence-corrected chi connectivity index (χ4v) is 1.89. The second-order valence-corrected chi connectivity index (χ2v) is 6.15. The Morgan fingerprint density at radius 1 is 1.17 bits per heavy atom. The number of methoxy groups -OCH3 is 1. The number of benzene rings is 1. The van der Waals surface area contributed by atoms with E-state index in [4.69, 9.17) is 9.47 Å². The van der Waals surface area contributed by atoms with Crippen molar-refractivity contribution in [1.29, 1.82) is 0 Å². The predicted molar refractivity (Wildman–Crippen MR) is 86.7 cm³/mol. The van der Waals surface area contributed by atoms with Gasteiger partial charge in [0.2, 0.25) is 0 Å². The summed E-state index contributed by atoms with van der Waals surface area (Å²) in [5.74, 6) is -0.912. The van der Waals surface area contributed by atoms with Gasteiger partial charge in [-0.15, -0.1) is 0 Å². The maximum Gasteiger partial charge on any atom is 0.413 e. The fourth-order valence-electron chi connectivity index (χ4n) is 1.89. The molecule has 7 heteroatoms. The van der Waals surface area contributed by atoms with Gasteiger partial charge in [-0.2, -0.15) is 0 Å². The third kappa shape index (κ3) is 5.91. The number of amides is 2. The molecule has 0 fully saturated rings. The van der Waals surface area contributed by atoms with Gasteiger partial charge >= 0.3 is 12.1 Å². The minimum atomic E-state index is -1.14. The summed E-state index contributed by atoms with van der Waals surface area (Å²) in [5.41, 5.74) is 0.808. The van der Waals surface area contributed by atoms with E-state index in [0.717, 1.165) is 12.7 Å². The van der Waals surface area contributed by atoms with Gasteiger partial charge in [0.15, 0.2) is 12.7 Å². The third-order valence-corrected chi connectivity index (χ3v) is 3.13. The molecule has 1 atom stereocenters. The average molecular weight is 337 g/mol. The van der Waals surface area contributed by atoms with Crippen LogP contribution in [0.1, 0.15) is 33.3 Å². The number of para-hydroxylation sites is 1. The minimum Gasteiger partial charge on any atom is -0.482 e. The first-order valence-electron chi connectivity index (χ1n) is 7.45. The maximum atomic E-state index is 11.8. The SMILES string of the molecule is COC(=O)NC(=O)[C@H](C)OC(=O)COc1ccccc1C(C)(C)C. The fraction of sp³-hybridized carbons (Fsp3) is 0.471. The molecule has 0 heterocycles. The van der Waals surface area contributed by atoms with Crippen molar-refractivity contribution in [3.63, 3.8) is 0 Å². The number of nitrogens with one attached hydrogen (secondary N) is 1. The van der Waals surface area contributed by atoms with E-state index in [-0.39, 0.29) is 12.0 Å². The van der Waals surface area contributed by atoms with Gasteiger partial charge in [-0.05, 0) is 24.0 Å². The Morgan fingerprint density at radius 3 is 2.38 bits per heavy atom. The van der Waals surface area contributed by atoms with E-state index in [9.17, 15) is 14.4 Å². The Morgan fingerprint density at radius 2 is 1.79 bits per heavy atom. The summed E-state index contributed by atoms with van der Waals surface area (Å²) in [6, 6.07) is 7.39. The Bertz CT molecular complexity index is 605. The van der Waals surface area contributed by atoms with Crippen molar-refractivity contribution >= 4 is 18.0 Å². The zero-order chi connectivity index (χ0) is 18.3. The molecule has 1 aromatic rings. The number of carbonyl (C=O) groups is 3. The molecule has 1 aromatic carbocycles. The smallest absolute Gasteiger partial charge is 0.413 e. The lowest BCUT2D eigenvalue weighted by Crippen LogP contribution is -2.40. The third-order valence-electron chi connectivity index (χ3n) is 3.13. The maximum absolute atomic E-state index is 11.8. The number of imide groups is 1. The molecule has 0 saturated carbocycles. The van der Waals surface area contributed by atoms with Gasteiger partial charge in [-0.3, -0.25) is 10.1 Å². The van der Waals surface area contributed by atoms with Gasteiger partial charge in [0.1, 0.15) is 5.75 Å². The number of hydrogen-bond acceptors (Lipinski definition) is 6. The van der Waals surface area contributed by atoms with Crippen LogP contribution < -0.4 is 10.1 Å². The summed E-state index contributed by atoms with van der Waals surface area (Å²) in [6.45, 7) is 7.11. The van der Waals surface area contributed by atoms with Gasteiger partial charge in [0, 0.05) is 0 Å². The number of rotatable bonds is 5. The first-order valence-corrected chi connectivity index (χ1v) is 7.45. The summed E-state index contributed by atoms with van der Waals surface area (Å²) < 4.78 is 14.7. The van der Waals surface area contributed by atoms with Crippen LogP contribution in [0.25, 0.3) is 0 Å². The van der Waals surface area contributed by atoms with E-state index in [1.807, 2.05) is 44.3 Å². The van der Waals surface area contributed by atoms with E-state index >= 15 is 0 Å². The molecule has 0 bridgehead atoms. The molecule has 1 rings (SSSR count). The molecule has 7 nitrogen and oxygen atoms in total. The molecule has 0 aliphatic rings. The highest BCUT2D eigenvalue weighted by Crippen LogP contribution is 2.30. The molecular formula is C17H23NO6. The average Bonchev–Trinajstić information content (AvgIpc) is 2.52. The van der Waals surface area contributed by atoms with Crippen LogP contribution in [0.4, 0.5) is 4.79 Å². The number of ether oxygens (including phenoxy) is 3. The summed E-state index contributed by atoms with van der Waals surface area (Å²) in [5, 5.41) is 1.92. The largest absolute Gasteiger partial charge is 0.482 e. The quantitative estimate of drug-likeness (QED) is 0.828. The van der Waals surface area contributed by atoms with Crippen molar-refractivity contribution in [3.05, 3.63) is 29.8 Å². The van der Waals surface area contributed by atoms with Gasteiger partial charge in [0.25, 0.3) is 5.91 Å². The van der Waals surface area contributed by atoms with Gasteiger partial charge in [0.05, 0.1) is 7.11 Å². The van der Waals surface area contributed by atoms with E-state index in [0.29, 0.717) is 5.75 Å². The molecule has 0 radical (unpaired) electrons. The molecule has 0 aromatic heterocycles. The lowest BCUT2D eigenvalue weighted by Gasteiger charge is -2.22. The Labute approximate surface area is 141 Å². The van der Waals surface area contributed by atoms with Crippen LogP contribution in [0.2, 0.25) is 0 Å². The van der Waals surface area contributed by atoms with Crippen LogP contribution in [0.5, 0.6) is 5.75 Å². The molecule has 0 aliphatic heterocycles. The van der Waals surface area contributed by atoms with Crippen LogP contribution >= 0.6 is 0 Å². The van der Waals surface area contributed by atoms with Crippen LogP contribution in [0, 0.1) is 0 Å². The molecule has 24 heavy (non-hydrogen) atoms. The van der Waals surface area contributed by atoms with Crippen LogP contribution in [-0.2, 0) is 24.5 Å². The molecule has 132 valence electrons. The highest BCUT2D eigenvalue weighted by atomic mass is 16.6. The zero-order valence-electron chi connectivity index (χ0n) is 14.5. The van der Waals surface area contributed by atoms with Crippen LogP contribution in [0.15, 0.2) is 24.3 Å². The minimum absolute atomic E-state index is 0.145. The number of alkyl carbamates (subject to hydrolysis) is 1. The summed E-state index contributed by atoms with van der Waals surface area (Å²) in [4.78, 5) is 34.3. The van der Waals surface area contributed by atoms with Crippen molar-refractivity contribution in [2.45, 2.75) is 39.2 Å². The first-order chi connectivity index (χ1) is 11.1. The molecule has 0 unspecified atom stereocenters.